The topological polar surface area (TPSA) is 38.5 Å². The van der Waals surface area contributed by atoms with E-state index in [2.05, 4.69) is 215 Å². The van der Waals surface area contributed by atoms with Crippen molar-refractivity contribution in [3.8, 4) is 39.6 Å². The normalized spacial score (nSPS) is 12.3. The van der Waals surface area contributed by atoms with Crippen LogP contribution < -0.4 is 14.5 Å². The number of hydrogen-bond donors (Lipinski definition) is 0. The maximum atomic E-state index is 6.84. The maximum Gasteiger partial charge on any atom is 0.137 e. The molecule has 0 saturated carbocycles. The van der Waals surface area contributed by atoms with Gasteiger partial charge in [-0.25, -0.2) is 4.98 Å². The van der Waals surface area contributed by atoms with Crippen molar-refractivity contribution >= 4 is 66.4 Å². The first-order valence-corrected chi connectivity index (χ1v) is 20.4. The second kappa shape index (κ2) is 15.3. The molecule has 1 aliphatic heterocycles. The van der Waals surface area contributed by atoms with Crippen molar-refractivity contribution in [2.24, 2.45) is 7.05 Å². The van der Waals surface area contributed by atoms with Crippen LogP contribution in [-0.4, -0.2) is 14.1 Å². The first kappa shape index (κ1) is 37.6. The van der Waals surface area contributed by atoms with Crippen molar-refractivity contribution in [1.29, 1.82) is 0 Å². The van der Waals surface area contributed by atoms with E-state index >= 15 is 0 Å². The fourth-order valence-electron chi connectivity index (χ4n) is 9.00. The Bertz CT molecular complexity index is 3450. The number of nitrogens with zero attached hydrogens (tertiary/aromatic N) is 5. The zero-order chi connectivity index (χ0) is 40.4. The maximum absolute atomic E-state index is 6.84. The number of ether oxygens (including phenoxy) is 1. The van der Waals surface area contributed by atoms with E-state index in [4.69, 9.17) is 9.72 Å². The number of aromatic nitrogens is 3. The van der Waals surface area contributed by atoms with Crippen LogP contribution in [0.4, 0.5) is 22.7 Å². The monoisotopic (exact) mass is 977 g/mol. The Labute approximate surface area is 373 Å². The molecule has 6 nitrogen and oxygen atoms in total. The average molecular weight is 978 g/mol. The van der Waals surface area contributed by atoms with Crippen molar-refractivity contribution in [3.63, 3.8) is 0 Å². The van der Waals surface area contributed by atoms with E-state index in [-0.39, 0.29) is 21.1 Å². The minimum absolute atomic E-state index is 0. The summed E-state index contributed by atoms with van der Waals surface area (Å²) in [6.45, 7) is 2.13. The van der Waals surface area contributed by atoms with Gasteiger partial charge >= 0.3 is 0 Å². The molecule has 300 valence electrons. The molecule has 0 unspecified atom stereocenters. The molecule has 0 N–H and O–H groups in total. The molecule has 8 aromatic carbocycles. The number of fused-ring (bicyclic) bond motifs is 7. The Morgan fingerprint density at radius 3 is 2.00 bits per heavy atom. The van der Waals surface area contributed by atoms with Crippen molar-refractivity contribution < 1.29 is 25.8 Å². The van der Waals surface area contributed by atoms with Gasteiger partial charge in [-0.05, 0) is 58.5 Å². The molecule has 0 bridgehead atoms. The Morgan fingerprint density at radius 1 is 0.516 bits per heavy atom. The molecule has 0 atom stereocenters. The average Bonchev–Trinajstić information content (AvgIpc) is 3.97. The van der Waals surface area contributed by atoms with Gasteiger partial charge in [0.25, 0.3) is 0 Å². The number of anilines is 4. The predicted molar refractivity (Wildman–Crippen MR) is 249 cm³/mol. The van der Waals surface area contributed by atoms with Gasteiger partial charge in [-0.2, -0.15) is 6.07 Å². The zero-order valence-electron chi connectivity index (χ0n) is 33.5. The summed E-state index contributed by atoms with van der Waals surface area (Å²) in [5.74, 6) is 1.98. The molecule has 11 aromatic rings. The summed E-state index contributed by atoms with van der Waals surface area (Å²) in [4.78, 5) is 9.54. The van der Waals surface area contributed by atoms with E-state index in [1.165, 1.54) is 16.5 Å². The summed E-state index contributed by atoms with van der Waals surface area (Å²) in [6, 6.07) is 72.8. The number of para-hydroxylation sites is 3. The van der Waals surface area contributed by atoms with Crippen molar-refractivity contribution in [2.75, 3.05) is 9.80 Å². The zero-order valence-corrected chi connectivity index (χ0v) is 35.8. The molecule has 0 radical (unpaired) electrons. The standard InChI is InChI=1S/C55H36N5O.Pt/c1-57-48-26-13-11-24-44(48)47-35-56-54(34-51(47)57)60-49-27-14-12-25-45(49)55-46(38-18-7-3-8-19-38)32-43(33-53(55)60)61-42-23-15-22-41(31-42)59-36-58(40-20-9-4-10-21-40)52-30-39(28-29-50(52)59)37-16-5-2-6-17-37;/h2-30,32,34-36H,1H3;/q-3;. The van der Waals surface area contributed by atoms with Gasteiger partial charge in [-0.3, -0.25) is 0 Å². The number of benzene rings is 8. The molecule has 0 saturated heterocycles. The van der Waals surface area contributed by atoms with Crippen LogP contribution in [0, 0.1) is 18.8 Å². The second-order valence-electron chi connectivity index (χ2n) is 15.4. The van der Waals surface area contributed by atoms with E-state index in [9.17, 15) is 0 Å². The largest absolute Gasteiger partial charge is 0.509 e. The fourth-order valence-corrected chi connectivity index (χ4v) is 9.00. The van der Waals surface area contributed by atoms with Crippen LogP contribution in [0.2, 0.25) is 0 Å². The third kappa shape index (κ3) is 6.17. The van der Waals surface area contributed by atoms with E-state index in [0.29, 0.717) is 11.5 Å². The minimum Gasteiger partial charge on any atom is -0.509 e. The van der Waals surface area contributed by atoms with Crippen LogP contribution in [0.1, 0.15) is 0 Å². The van der Waals surface area contributed by atoms with Gasteiger partial charge in [-0.15, -0.1) is 48.3 Å². The summed E-state index contributed by atoms with van der Waals surface area (Å²) in [5.41, 5.74) is 12.7. The SMILES string of the molecule is Cn1c2ccccc2c2cnc(-n3c4[c-]c(Oc5[c-]c(N6[CH-]N(c7ccccc7)c7cc(-c8ccccc8)ccc76)ccc5)cc(-c5ccccc5)c4c4ccccc43)cc21.[Pt]. The molecule has 4 heterocycles. The van der Waals surface area contributed by atoms with Crippen molar-refractivity contribution in [3.05, 3.63) is 213 Å². The first-order valence-electron chi connectivity index (χ1n) is 20.4. The molecule has 0 amide bonds. The number of rotatable bonds is 7. The van der Waals surface area contributed by atoms with Crippen LogP contribution in [0.25, 0.3) is 71.7 Å². The Morgan fingerprint density at radius 2 is 1.21 bits per heavy atom. The van der Waals surface area contributed by atoms with Crippen molar-refractivity contribution in [2.45, 2.75) is 0 Å². The van der Waals surface area contributed by atoms with Crippen LogP contribution in [0.15, 0.2) is 194 Å². The molecule has 0 spiro atoms. The van der Waals surface area contributed by atoms with Crippen LogP contribution in [-0.2, 0) is 28.1 Å². The Hall–Kier alpha value is -7.40. The van der Waals surface area contributed by atoms with Gasteiger partial charge in [0.2, 0.25) is 0 Å². The van der Waals surface area contributed by atoms with Crippen molar-refractivity contribution in [1.82, 2.24) is 14.1 Å². The van der Waals surface area contributed by atoms with Gasteiger partial charge in [0.05, 0.1) is 5.52 Å². The van der Waals surface area contributed by atoms with Gasteiger partial charge < -0.3 is 23.7 Å². The predicted octanol–water partition coefficient (Wildman–Crippen LogP) is 14.0. The summed E-state index contributed by atoms with van der Waals surface area (Å²) in [6.07, 6.45) is 2.00. The number of hydrogen-bond acceptors (Lipinski definition) is 4. The van der Waals surface area contributed by atoms with Gasteiger partial charge in [-0.1, -0.05) is 132 Å². The third-order valence-electron chi connectivity index (χ3n) is 11.9. The molecule has 62 heavy (non-hydrogen) atoms. The van der Waals surface area contributed by atoms with Crippen LogP contribution in [0.3, 0.4) is 0 Å². The van der Waals surface area contributed by atoms with Gasteiger partial charge in [0.1, 0.15) is 5.82 Å². The molecular formula is C55H36N5OPt-3. The number of aryl methyl sites for hydroxylation is 1. The molecule has 1 aliphatic rings. The summed E-state index contributed by atoms with van der Waals surface area (Å²) >= 11 is 0. The summed E-state index contributed by atoms with van der Waals surface area (Å²) in [7, 11) is 2.12. The number of pyridine rings is 1. The minimum atomic E-state index is 0. The molecule has 12 rings (SSSR count). The van der Waals surface area contributed by atoms with Gasteiger partial charge in [0, 0.05) is 90.7 Å². The van der Waals surface area contributed by atoms with E-state index < -0.39 is 0 Å². The fraction of sp³-hybridized carbons (Fsp3) is 0.0182. The molecule has 3 aromatic heterocycles. The summed E-state index contributed by atoms with van der Waals surface area (Å²) < 4.78 is 11.3. The van der Waals surface area contributed by atoms with E-state index in [0.717, 1.165) is 78.0 Å². The third-order valence-corrected chi connectivity index (χ3v) is 11.9. The molecule has 7 heteroatoms. The smallest absolute Gasteiger partial charge is 0.137 e. The molecular weight excluding hydrogens is 942 g/mol. The van der Waals surface area contributed by atoms with E-state index in [1.807, 2.05) is 24.4 Å². The first-order chi connectivity index (χ1) is 30.2. The Balaban J connectivity index is 0.00000432. The van der Waals surface area contributed by atoms with Crippen LogP contribution >= 0.6 is 0 Å². The molecule has 0 aliphatic carbocycles. The summed E-state index contributed by atoms with van der Waals surface area (Å²) in [5, 5.41) is 4.52. The molecule has 0 fully saturated rings. The van der Waals surface area contributed by atoms with Gasteiger partial charge in [0.15, 0.2) is 0 Å². The second-order valence-corrected chi connectivity index (χ2v) is 15.4. The van der Waals surface area contributed by atoms with E-state index in [1.54, 1.807) is 0 Å². The Kier molecular flexibility index (Phi) is 9.25. The van der Waals surface area contributed by atoms with Crippen LogP contribution in [0.5, 0.6) is 11.5 Å². The quantitative estimate of drug-likeness (QED) is 0.149.